The summed E-state index contributed by atoms with van der Waals surface area (Å²) in [6.45, 7) is 3.43. The Labute approximate surface area is 165 Å². The van der Waals surface area contributed by atoms with Crippen molar-refractivity contribution in [3.63, 3.8) is 0 Å². The smallest absolute Gasteiger partial charge is 0.197 e. The number of nitrogens with zero attached hydrogens (tertiary/aromatic N) is 4. The average molecular weight is 380 g/mol. The van der Waals surface area contributed by atoms with Gasteiger partial charge in [-0.3, -0.25) is 0 Å². The van der Waals surface area contributed by atoms with Crippen molar-refractivity contribution in [3.8, 4) is 0 Å². The minimum atomic E-state index is 0.489. The molecule has 7 nitrogen and oxygen atoms in total. The summed E-state index contributed by atoms with van der Waals surface area (Å²) in [5.41, 5.74) is 16.9. The van der Waals surface area contributed by atoms with Gasteiger partial charge in [0.25, 0.3) is 0 Å². The molecule has 0 aliphatic heterocycles. The van der Waals surface area contributed by atoms with Crippen LogP contribution < -0.4 is 11.5 Å². The molecule has 28 heavy (non-hydrogen) atoms. The number of nitrogens with one attached hydrogen (secondary N) is 1. The first-order chi connectivity index (χ1) is 13.6. The first-order valence-electron chi connectivity index (χ1n) is 9.77. The lowest BCUT2D eigenvalue weighted by Gasteiger charge is -2.02. The highest BCUT2D eigenvalue weighted by atomic mass is 15.4. The van der Waals surface area contributed by atoms with Crippen molar-refractivity contribution in [1.29, 1.82) is 0 Å². The van der Waals surface area contributed by atoms with Gasteiger partial charge in [-0.05, 0) is 43.7 Å². The van der Waals surface area contributed by atoms with E-state index >= 15 is 0 Å². The number of nitrogens with two attached hydrogens (primary N) is 2. The molecule has 2 heterocycles. The Balaban J connectivity index is 1.41. The minimum Gasteiger partial charge on any atom is -0.369 e. The number of rotatable bonds is 10. The van der Waals surface area contributed by atoms with Crippen LogP contribution >= 0.6 is 0 Å². The first-order valence-corrected chi connectivity index (χ1v) is 9.77. The maximum atomic E-state index is 5.64. The Bertz CT molecular complexity index is 890. The van der Waals surface area contributed by atoms with E-state index in [4.69, 9.17) is 11.5 Å². The molecule has 0 atom stereocenters. The number of imidazole rings is 1. The lowest BCUT2D eigenvalue weighted by molar-refractivity contribution is 0.642. The standard InChI is InChI=1S/C21H29N7/c1-16(11-17-7-9-18(12-22)10-8-17)14-28-15-20(26-27-28)6-4-2-3-5-19-13-24-21(23)25-19/h7-11,13,15H,2-6,12,14,22H2,1H3,(H3,23,24,25)/b16-11+. The fourth-order valence-corrected chi connectivity index (χ4v) is 3.17. The summed E-state index contributed by atoms with van der Waals surface area (Å²) in [4.78, 5) is 7.07. The second-order valence-electron chi connectivity index (χ2n) is 7.20. The number of unbranched alkanes of at least 4 members (excludes halogenated alkanes) is 2. The Morgan fingerprint density at radius 1 is 1.14 bits per heavy atom. The molecule has 1 aromatic carbocycles. The molecule has 0 aliphatic carbocycles. The highest BCUT2D eigenvalue weighted by Gasteiger charge is 2.03. The number of nitrogen functional groups attached to an aromatic ring is 1. The van der Waals surface area contributed by atoms with Crippen LogP contribution in [0.3, 0.4) is 0 Å². The van der Waals surface area contributed by atoms with Crippen molar-refractivity contribution in [2.24, 2.45) is 5.73 Å². The number of H-pyrrole nitrogens is 1. The van der Waals surface area contributed by atoms with Gasteiger partial charge in [0.1, 0.15) is 0 Å². The summed E-state index contributed by atoms with van der Waals surface area (Å²) < 4.78 is 1.91. The SMILES string of the molecule is C/C(=C\c1ccc(CN)cc1)Cn1cc(CCCCCc2cnc(N)[nH]2)nn1. The van der Waals surface area contributed by atoms with E-state index < -0.39 is 0 Å². The normalized spacial score (nSPS) is 11.9. The van der Waals surface area contributed by atoms with E-state index in [0.717, 1.165) is 55.6 Å². The topological polar surface area (TPSA) is 111 Å². The molecule has 0 amide bonds. The molecule has 0 saturated heterocycles. The van der Waals surface area contributed by atoms with Crippen LogP contribution in [-0.2, 0) is 25.9 Å². The van der Waals surface area contributed by atoms with E-state index in [9.17, 15) is 0 Å². The molecule has 3 aromatic rings. The Morgan fingerprint density at radius 2 is 1.93 bits per heavy atom. The predicted octanol–water partition coefficient (Wildman–Crippen LogP) is 3.10. The quantitative estimate of drug-likeness (QED) is 0.469. The van der Waals surface area contributed by atoms with Gasteiger partial charge in [0.2, 0.25) is 0 Å². The van der Waals surface area contributed by atoms with Gasteiger partial charge in [-0.1, -0.05) is 47.5 Å². The van der Waals surface area contributed by atoms with E-state index in [-0.39, 0.29) is 0 Å². The van der Waals surface area contributed by atoms with Crippen LogP contribution in [0, 0.1) is 0 Å². The van der Waals surface area contributed by atoms with Crippen molar-refractivity contribution in [2.75, 3.05) is 5.73 Å². The van der Waals surface area contributed by atoms with Crippen molar-refractivity contribution in [2.45, 2.75) is 52.1 Å². The third kappa shape index (κ3) is 6.06. The summed E-state index contributed by atoms with van der Waals surface area (Å²) in [7, 11) is 0. The molecule has 0 bridgehead atoms. The Hall–Kier alpha value is -2.93. The lowest BCUT2D eigenvalue weighted by Crippen LogP contribution is -2.00. The maximum absolute atomic E-state index is 5.64. The maximum Gasteiger partial charge on any atom is 0.197 e. The van der Waals surface area contributed by atoms with Gasteiger partial charge >= 0.3 is 0 Å². The number of benzene rings is 1. The molecule has 0 spiro atoms. The second kappa shape index (κ2) is 9.85. The summed E-state index contributed by atoms with van der Waals surface area (Å²) in [5, 5.41) is 8.55. The Kier molecular flexibility index (Phi) is 6.97. The number of aryl methyl sites for hydroxylation is 2. The fraction of sp³-hybridized carbons (Fsp3) is 0.381. The molecule has 0 saturated carbocycles. The monoisotopic (exact) mass is 379 g/mol. The largest absolute Gasteiger partial charge is 0.369 e. The summed E-state index contributed by atoms with van der Waals surface area (Å²) in [6.07, 6.45) is 11.3. The number of allylic oxidation sites excluding steroid dienone is 1. The molecular weight excluding hydrogens is 350 g/mol. The molecule has 148 valence electrons. The lowest BCUT2D eigenvalue weighted by atomic mass is 10.1. The number of anilines is 1. The van der Waals surface area contributed by atoms with Crippen molar-refractivity contribution in [1.82, 2.24) is 25.0 Å². The van der Waals surface area contributed by atoms with Crippen LogP contribution in [0.2, 0.25) is 0 Å². The minimum absolute atomic E-state index is 0.489. The van der Waals surface area contributed by atoms with Crippen LogP contribution in [0.15, 0.2) is 42.2 Å². The molecular formula is C21H29N7. The fourth-order valence-electron chi connectivity index (χ4n) is 3.17. The van der Waals surface area contributed by atoms with Crippen LogP contribution in [0.1, 0.15) is 48.7 Å². The van der Waals surface area contributed by atoms with Gasteiger partial charge in [0, 0.05) is 18.4 Å². The average Bonchev–Trinajstić information content (AvgIpc) is 3.31. The van der Waals surface area contributed by atoms with Crippen LogP contribution in [0.4, 0.5) is 5.95 Å². The second-order valence-corrected chi connectivity index (χ2v) is 7.20. The number of aromatic amines is 1. The number of hydrogen-bond acceptors (Lipinski definition) is 5. The van der Waals surface area contributed by atoms with Crippen molar-refractivity contribution >= 4 is 12.0 Å². The zero-order valence-electron chi connectivity index (χ0n) is 16.4. The molecule has 7 heteroatoms. The van der Waals surface area contributed by atoms with Crippen LogP contribution in [0.25, 0.3) is 6.08 Å². The van der Waals surface area contributed by atoms with Gasteiger partial charge in [-0.25, -0.2) is 9.67 Å². The van der Waals surface area contributed by atoms with Gasteiger partial charge in [-0.2, -0.15) is 0 Å². The first kappa shape index (κ1) is 19.8. The Morgan fingerprint density at radius 3 is 2.64 bits per heavy atom. The van der Waals surface area contributed by atoms with E-state index in [1.165, 1.54) is 11.1 Å². The van der Waals surface area contributed by atoms with Crippen molar-refractivity contribution < 1.29 is 0 Å². The third-order valence-electron chi connectivity index (χ3n) is 4.65. The molecule has 3 rings (SSSR count). The molecule has 0 unspecified atom stereocenters. The van der Waals surface area contributed by atoms with Gasteiger partial charge in [-0.15, -0.1) is 5.10 Å². The van der Waals surface area contributed by atoms with Crippen LogP contribution in [-0.4, -0.2) is 25.0 Å². The van der Waals surface area contributed by atoms with E-state index in [2.05, 4.69) is 57.5 Å². The van der Waals surface area contributed by atoms with Crippen LogP contribution in [0.5, 0.6) is 0 Å². The number of hydrogen-bond donors (Lipinski definition) is 3. The zero-order chi connectivity index (χ0) is 19.8. The molecule has 0 aliphatic rings. The number of aromatic nitrogens is 5. The summed E-state index contributed by atoms with van der Waals surface area (Å²) >= 11 is 0. The predicted molar refractivity (Wildman–Crippen MR) is 112 cm³/mol. The molecule has 0 radical (unpaired) electrons. The van der Waals surface area contributed by atoms with Gasteiger partial charge in [0.05, 0.1) is 18.4 Å². The molecule has 2 aromatic heterocycles. The zero-order valence-corrected chi connectivity index (χ0v) is 16.4. The summed E-state index contributed by atoms with van der Waals surface area (Å²) in [6, 6.07) is 8.31. The van der Waals surface area contributed by atoms with E-state index in [0.29, 0.717) is 12.5 Å². The third-order valence-corrected chi connectivity index (χ3v) is 4.65. The summed E-state index contributed by atoms with van der Waals surface area (Å²) in [5.74, 6) is 0.489. The molecule has 0 fully saturated rings. The van der Waals surface area contributed by atoms with E-state index in [1.807, 2.05) is 17.1 Å². The van der Waals surface area contributed by atoms with Gasteiger partial charge < -0.3 is 16.5 Å². The van der Waals surface area contributed by atoms with E-state index in [1.54, 1.807) is 0 Å². The molecule has 5 N–H and O–H groups in total. The highest BCUT2D eigenvalue weighted by Crippen LogP contribution is 2.11. The highest BCUT2D eigenvalue weighted by molar-refractivity contribution is 5.52. The van der Waals surface area contributed by atoms with Crippen molar-refractivity contribution in [3.05, 3.63) is 64.7 Å². The van der Waals surface area contributed by atoms with Gasteiger partial charge in [0.15, 0.2) is 5.95 Å².